The Morgan fingerprint density at radius 3 is 2.72 bits per heavy atom. The molecule has 7 heteroatoms. The molecule has 1 aliphatic carbocycles. The van der Waals surface area contributed by atoms with Crippen LogP contribution >= 0.6 is 0 Å². The van der Waals surface area contributed by atoms with Crippen molar-refractivity contribution in [1.29, 1.82) is 0 Å². The first-order chi connectivity index (χ1) is 17.5. The number of hydrogen-bond acceptors (Lipinski definition) is 6. The molecule has 3 aliphatic rings. The molecule has 2 aromatic rings. The lowest BCUT2D eigenvalue weighted by Gasteiger charge is -2.37. The summed E-state index contributed by atoms with van der Waals surface area (Å²) in [5, 5.41) is 0. The molecule has 5 rings (SSSR count). The highest BCUT2D eigenvalue weighted by Crippen LogP contribution is 2.49. The van der Waals surface area contributed by atoms with Crippen LogP contribution in [0.3, 0.4) is 0 Å². The zero-order valence-corrected chi connectivity index (χ0v) is 21.2. The van der Waals surface area contributed by atoms with Gasteiger partial charge in [0.05, 0.1) is 30.7 Å². The van der Waals surface area contributed by atoms with E-state index in [4.69, 9.17) is 14.2 Å². The van der Waals surface area contributed by atoms with E-state index in [0.717, 1.165) is 36.8 Å². The lowest BCUT2D eigenvalue weighted by molar-refractivity contribution is -0.136. The molecule has 0 saturated heterocycles. The fraction of sp³-hybridized carbons (Fsp3) is 0.483. The molecule has 0 radical (unpaired) electrons. The van der Waals surface area contributed by atoms with Gasteiger partial charge in [-0.3, -0.25) is 14.6 Å². The van der Waals surface area contributed by atoms with Crippen molar-refractivity contribution in [3.63, 3.8) is 0 Å². The molecule has 4 atom stereocenters. The number of pyridine rings is 1. The Hall–Kier alpha value is -3.35. The third-order valence-electron chi connectivity index (χ3n) is 7.33. The standard InChI is InChI=1S/C29H34N2O5/c1-4-13-35-23-11-9-20(15-24(23)34-5-2)26-25-27(32)21-14-18(3)8-10-22(21)36-28(25)29(33)31(26)17-19-7-6-12-30-16-19/h6-7,9,11-12,15-16,18,21-22,26H,4-5,8,10,13-14,17H2,1-3H3. The number of benzene rings is 1. The van der Waals surface area contributed by atoms with Gasteiger partial charge in [0, 0.05) is 18.9 Å². The van der Waals surface area contributed by atoms with E-state index in [-0.39, 0.29) is 29.5 Å². The van der Waals surface area contributed by atoms with Crippen molar-refractivity contribution in [2.24, 2.45) is 11.8 Å². The fourth-order valence-corrected chi connectivity index (χ4v) is 5.62. The Kier molecular flexibility index (Phi) is 6.99. The van der Waals surface area contributed by atoms with Gasteiger partial charge in [0.2, 0.25) is 0 Å². The molecule has 0 spiro atoms. The third-order valence-corrected chi connectivity index (χ3v) is 7.33. The first-order valence-electron chi connectivity index (χ1n) is 13.1. The van der Waals surface area contributed by atoms with Gasteiger partial charge in [0.15, 0.2) is 23.0 Å². The summed E-state index contributed by atoms with van der Waals surface area (Å²) in [5.74, 6) is 1.54. The molecular formula is C29H34N2O5. The minimum Gasteiger partial charge on any atom is -0.490 e. The maximum Gasteiger partial charge on any atom is 0.290 e. The highest BCUT2D eigenvalue weighted by Gasteiger charge is 2.52. The van der Waals surface area contributed by atoms with E-state index >= 15 is 0 Å². The zero-order chi connectivity index (χ0) is 25.2. The summed E-state index contributed by atoms with van der Waals surface area (Å²) in [6.45, 7) is 7.54. The maximum absolute atomic E-state index is 13.9. The maximum atomic E-state index is 13.9. The van der Waals surface area contributed by atoms with Crippen molar-refractivity contribution in [1.82, 2.24) is 9.88 Å². The molecule has 1 saturated carbocycles. The summed E-state index contributed by atoms with van der Waals surface area (Å²) in [6.07, 6.45) is 6.71. The molecule has 7 nitrogen and oxygen atoms in total. The van der Waals surface area contributed by atoms with Gasteiger partial charge in [-0.05, 0) is 67.9 Å². The van der Waals surface area contributed by atoms with Crippen LogP contribution in [0.15, 0.2) is 54.1 Å². The van der Waals surface area contributed by atoms with E-state index in [1.54, 1.807) is 17.3 Å². The molecule has 3 heterocycles. The monoisotopic (exact) mass is 490 g/mol. The number of fused-ring (bicyclic) bond motifs is 1. The largest absolute Gasteiger partial charge is 0.490 e. The summed E-state index contributed by atoms with van der Waals surface area (Å²) in [7, 11) is 0. The summed E-state index contributed by atoms with van der Waals surface area (Å²) < 4.78 is 18.1. The van der Waals surface area contributed by atoms with Crippen molar-refractivity contribution in [2.75, 3.05) is 13.2 Å². The van der Waals surface area contributed by atoms with E-state index in [2.05, 4.69) is 18.8 Å². The number of carbonyl (C=O) groups is 2. The molecule has 1 amide bonds. The number of rotatable bonds is 8. The number of Topliss-reactive ketones (excluding diaryl/α,β-unsaturated/α-hetero) is 1. The Labute approximate surface area is 212 Å². The highest BCUT2D eigenvalue weighted by atomic mass is 16.5. The van der Waals surface area contributed by atoms with Gasteiger partial charge in [0.25, 0.3) is 5.91 Å². The van der Waals surface area contributed by atoms with Crippen molar-refractivity contribution < 1.29 is 23.8 Å². The van der Waals surface area contributed by atoms with Crippen molar-refractivity contribution >= 4 is 11.7 Å². The van der Waals surface area contributed by atoms with Crippen molar-refractivity contribution in [3.8, 4) is 11.5 Å². The second kappa shape index (κ2) is 10.3. The molecule has 36 heavy (non-hydrogen) atoms. The molecular weight excluding hydrogens is 456 g/mol. The van der Waals surface area contributed by atoms with E-state index in [0.29, 0.717) is 42.7 Å². The van der Waals surface area contributed by atoms with Crippen LogP contribution in [0, 0.1) is 11.8 Å². The van der Waals surface area contributed by atoms with E-state index < -0.39 is 6.04 Å². The number of nitrogens with zero attached hydrogens (tertiary/aromatic N) is 2. The lowest BCUT2D eigenvalue weighted by atomic mass is 9.74. The topological polar surface area (TPSA) is 78.0 Å². The average Bonchev–Trinajstić information content (AvgIpc) is 3.16. The average molecular weight is 491 g/mol. The van der Waals surface area contributed by atoms with Gasteiger partial charge in [0.1, 0.15) is 6.10 Å². The van der Waals surface area contributed by atoms with Crippen LogP contribution in [0.4, 0.5) is 0 Å². The predicted octanol–water partition coefficient (Wildman–Crippen LogP) is 5.01. The summed E-state index contributed by atoms with van der Waals surface area (Å²) in [5.41, 5.74) is 2.18. The van der Waals surface area contributed by atoms with Gasteiger partial charge < -0.3 is 19.1 Å². The molecule has 1 aromatic carbocycles. The Balaban J connectivity index is 1.58. The molecule has 1 aromatic heterocycles. The van der Waals surface area contributed by atoms with Gasteiger partial charge in [-0.25, -0.2) is 0 Å². The second-order valence-corrected chi connectivity index (χ2v) is 9.97. The first kappa shape index (κ1) is 24.3. The smallest absolute Gasteiger partial charge is 0.290 e. The fourth-order valence-electron chi connectivity index (χ4n) is 5.62. The molecule has 190 valence electrons. The minimum absolute atomic E-state index is 0.0455. The number of ketones is 1. The zero-order valence-electron chi connectivity index (χ0n) is 21.2. The van der Waals surface area contributed by atoms with Crippen molar-refractivity contribution in [2.45, 2.75) is 65.1 Å². The third kappa shape index (κ3) is 4.47. The normalized spacial score (nSPS) is 25.4. The van der Waals surface area contributed by atoms with Crippen LogP contribution in [-0.4, -0.2) is 40.9 Å². The van der Waals surface area contributed by atoms with Crippen LogP contribution in [0.2, 0.25) is 0 Å². The minimum atomic E-state index is -0.558. The molecule has 2 aliphatic heterocycles. The van der Waals surface area contributed by atoms with Crippen LogP contribution in [-0.2, 0) is 20.9 Å². The Bertz CT molecular complexity index is 1160. The number of aromatic nitrogens is 1. The van der Waals surface area contributed by atoms with E-state index in [9.17, 15) is 9.59 Å². The lowest BCUT2D eigenvalue weighted by Crippen LogP contribution is -2.41. The first-order valence-corrected chi connectivity index (χ1v) is 13.1. The van der Waals surface area contributed by atoms with Gasteiger partial charge in [-0.15, -0.1) is 0 Å². The van der Waals surface area contributed by atoms with Crippen molar-refractivity contribution in [3.05, 3.63) is 65.2 Å². The SMILES string of the molecule is CCCOc1ccc(C2C3=C(OC4CCC(C)CC4C3=O)C(=O)N2Cc2cccnc2)cc1OCC. The number of ether oxygens (including phenoxy) is 3. The van der Waals surface area contributed by atoms with Crippen LogP contribution in [0.1, 0.15) is 63.6 Å². The van der Waals surface area contributed by atoms with Crippen LogP contribution in [0.25, 0.3) is 0 Å². The molecule has 1 fully saturated rings. The van der Waals surface area contributed by atoms with E-state index in [1.807, 2.05) is 37.3 Å². The second-order valence-electron chi connectivity index (χ2n) is 9.97. The van der Waals surface area contributed by atoms with E-state index in [1.165, 1.54) is 0 Å². The number of amides is 1. The summed E-state index contributed by atoms with van der Waals surface area (Å²) in [4.78, 5) is 33.6. The van der Waals surface area contributed by atoms with Gasteiger partial charge >= 0.3 is 0 Å². The quantitative estimate of drug-likeness (QED) is 0.518. The van der Waals surface area contributed by atoms with Gasteiger partial charge in [-0.1, -0.05) is 26.0 Å². The number of carbonyl (C=O) groups excluding carboxylic acids is 2. The Morgan fingerprint density at radius 1 is 1.11 bits per heavy atom. The molecule has 0 bridgehead atoms. The summed E-state index contributed by atoms with van der Waals surface area (Å²) >= 11 is 0. The summed E-state index contributed by atoms with van der Waals surface area (Å²) in [6, 6.07) is 8.94. The van der Waals surface area contributed by atoms with Crippen LogP contribution < -0.4 is 9.47 Å². The Morgan fingerprint density at radius 2 is 1.97 bits per heavy atom. The number of hydrogen-bond donors (Lipinski definition) is 0. The molecule has 0 N–H and O–H groups in total. The predicted molar refractivity (Wildman–Crippen MR) is 134 cm³/mol. The molecule has 4 unspecified atom stereocenters. The highest BCUT2D eigenvalue weighted by molar-refractivity contribution is 6.11. The van der Waals surface area contributed by atoms with Crippen LogP contribution in [0.5, 0.6) is 11.5 Å². The van der Waals surface area contributed by atoms with Gasteiger partial charge in [-0.2, -0.15) is 0 Å².